The van der Waals surface area contributed by atoms with Crippen LogP contribution in [0.2, 0.25) is 0 Å². The van der Waals surface area contributed by atoms with Crippen LogP contribution >= 0.6 is 11.3 Å². The van der Waals surface area contributed by atoms with Crippen LogP contribution in [0.25, 0.3) is 10.2 Å². The number of amides is 1. The second-order valence-corrected chi connectivity index (χ2v) is 11.5. The number of carbonyl (C=O) groups excluding carboxylic acids is 1. The molecule has 1 amide bonds. The molecule has 0 aliphatic rings. The van der Waals surface area contributed by atoms with E-state index in [1.54, 1.807) is 43.3 Å². The highest BCUT2D eigenvalue weighted by atomic mass is 32.2. The first-order chi connectivity index (χ1) is 15.8. The molecule has 0 bridgehead atoms. The molecule has 2 aromatic carbocycles. The van der Waals surface area contributed by atoms with Gasteiger partial charge in [-0.3, -0.25) is 14.7 Å². The predicted molar refractivity (Wildman–Crippen MR) is 133 cm³/mol. The fraction of sp³-hybridized carbons (Fsp3) is 0.240. The monoisotopic (exact) mass is 479 g/mol. The van der Waals surface area contributed by atoms with Gasteiger partial charge in [-0.15, -0.1) is 0 Å². The lowest BCUT2D eigenvalue weighted by Gasteiger charge is -2.20. The summed E-state index contributed by atoms with van der Waals surface area (Å²) in [5.74, 6) is -0.303. The molecule has 8 heteroatoms. The molecule has 0 radical (unpaired) electrons. The van der Waals surface area contributed by atoms with Crippen molar-refractivity contribution >= 4 is 42.4 Å². The van der Waals surface area contributed by atoms with Crippen LogP contribution in [0.5, 0.6) is 0 Å². The van der Waals surface area contributed by atoms with Crippen LogP contribution in [0.4, 0.5) is 5.13 Å². The Labute approximate surface area is 197 Å². The molecular formula is C25H25N3O3S2. The lowest BCUT2D eigenvalue weighted by atomic mass is 10.2. The van der Waals surface area contributed by atoms with Gasteiger partial charge in [0.15, 0.2) is 15.0 Å². The molecule has 0 aliphatic carbocycles. The van der Waals surface area contributed by atoms with Gasteiger partial charge in [0, 0.05) is 18.0 Å². The van der Waals surface area contributed by atoms with Crippen LogP contribution in [-0.2, 0) is 22.8 Å². The van der Waals surface area contributed by atoms with Crippen LogP contribution in [0, 0.1) is 0 Å². The standard InChI is InChI=1S/C25H25N3O3S2/c1-4-18-8-9-22-23(14-18)32-25(27-22)28(16-19-10-12-26-13-11-19)24(29)20-6-5-7-21(15-20)33(30,31)17(2)3/h5-15,17H,4,16H2,1-3H3. The number of benzene rings is 2. The van der Waals surface area contributed by atoms with Gasteiger partial charge in [-0.1, -0.05) is 30.4 Å². The van der Waals surface area contributed by atoms with E-state index in [1.165, 1.54) is 29.0 Å². The first kappa shape index (κ1) is 23.1. The van der Waals surface area contributed by atoms with Crippen molar-refractivity contribution in [2.75, 3.05) is 4.90 Å². The summed E-state index contributed by atoms with van der Waals surface area (Å²) in [6.07, 6.45) is 4.28. The zero-order valence-corrected chi connectivity index (χ0v) is 20.4. The van der Waals surface area contributed by atoms with Crippen molar-refractivity contribution in [3.05, 3.63) is 83.7 Å². The summed E-state index contributed by atoms with van der Waals surface area (Å²) >= 11 is 1.45. The van der Waals surface area contributed by atoms with Crippen molar-refractivity contribution < 1.29 is 13.2 Å². The molecule has 2 heterocycles. The number of hydrogen-bond donors (Lipinski definition) is 0. The molecule has 0 fully saturated rings. The van der Waals surface area contributed by atoms with Crippen LogP contribution in [0.15, 0.2) is 71.9 Å². The van der Waals surface area contributed by atoms with Crippen molar-refractivity contribution in [2.45, 2.75) is 43.9 Å². The van der Waals surface area contributed by atoms with E-state index in [0.29, 0.717) is 17.2 Å². The molecule has 33 heavy (non-hydrogen) atoms. The fourth-order valence-electron chi connectivity index (χ4n) is 3.42. The van der Waals surface area contributed by atoms with Crippen LogP contribution in [-0.4, -0.2) is 29.5 Å². The van der Waals surface area contributed by atoms with Gasteiger partial charge in [-0.25, -0.2) is 13.4 Å². The molecule has 0 spiro atoms. The zero-order chi connectivity index (χ0) is 23.6. The summed E-state index contributed by atoms with van der Waals surface area (Å²) in [5, 5.41) is -0.00928. The summed E-state index contributed by atoms with van der Waals surface area (Å²) in [6, 6.07) is 16.1. The Bertz CT molecular complexity index is 1400. The Morgan fingerprint density at radius 3 is 2.48 bits per heavy atom. The molecule has 0 aliphatic heterocycles. The Balaban J connectivity index is 1.78. The quantitative estimate of drug-likeness (QED) is 0.360. The minimum atomic E-state index is -3.50. The van der Waals surface area contributed by atoms with Gasteiger partial charge in [0.25, 0.3) is 5.91 Å². The number of fused-ring (bicyclic) bond motifs is 1. The largest absolute Gasteiger partial charge is 0.279 e. The molecule has 170 valence electrons. The third kappa shape index (κ3) is 4.82. The number of carbonyl (C=O) groups is 1. The maximum Gasteiger partial charge on any atom is 0.260 e. The second kappa shape index (κ2) is 9.41. The van der Waals surface area contributed by atoms with Gasteiger partial charge in [-0.2, -0.15) is 0 Å². The van der Waals surface area contributed by atoms with Gasteiger partial charge in [0.1, 0.15) is 0 Å². The van der Waals surface area contributed by atoms with Gasteiger partial charge >= 0.3 is 0 Å². The minimum absolute atomic E-state index is 0.143. The van der Waals surface area contributed by atoms with E-state index in [-0.39, 0.29) is 10.8 Å². The van der Waals surface area contributed by atoms with Crippen LogP contribution in [0.3, 0.4) is 0 Å². The van der Waals surface area contributed by atoms with Crippen molar-refractivity contribution in [2.24, 2.45) is 0 Å². The van der Waals surface area contributed by atoms with E-state index in [2.05, 4.69) is 18.0 Å². The molecule has 0 unspecified atom stereocenters. The van der Waals surface area contributed by atoms with Gasteiger partial charge in [-0.05, 0) is 73.9 Å². The van der Waals surface area contributed by atoms with Gasteiger partial charge in [0.2, 0.25) is 0 Å². The lowest BCUT2D eigenvalue weighted by molar-refractivity contribution is 0.0985. The summed E-state index contributed by atoms with van der Waals surface area (Å²) < 4.78 is 26.4. The highest BCUT2D eigenvalue weighted by Gasteiger charge is 2.25. The number of pyridine rings is 1. The smallest absolute Gasteiger partial charge is 0.260 e. The third-order valence-electron chi connectivity index (χ3n) is 5.45. The maximum atomic E-state index is 13.7. The second-order valence-electron chi connectivity index (χ2n) is 8.02. The molecule has 0 saturated heterocycles. The lowest BCUT2D eigenvalue weighted by Crippen LogP contribution is -2.30. The first-order valence-corrected chi connectivity index (χ1v) is 13.1. The highest BCUT2D eigenvalue weighted by molar-refractivity contribution is 7.92. The molecular weight excluding hydrogens is 454 g/mol. The molecule has 0 atom stereocenters. The Hall–Kier alpha value is -3.10. The normalized spacial score (nSPS) is 11.8. The summed E-state index contributed by atoms with van der Waals surface area (Å²) in [4.78, 5) is 24.2. The molecule has 4 aromatic rings. The molecule has 0 saturated carbocycles. The van der Waals surface area contributed by atoms with Crippen LogP contribution in [0.1, 0.15) is 42.3 Å². The average Bonchev–Trinajstić information content (AvgIpc) is 3.25. The van der Waals surface area contributed by atoms with E-state index >= 15 is 0 Å². The topological polar surface area (TPSA) is 80.2 Å². The fourth-order valence-corrected chi connectivity index (χ4v) is 5.55. The Kier molecular flexibility index (Phi) is 6.58. The summed E-state index contributed by atoms with van der Waals surface area (Å²) in [6.45, 7) is 5.65. The summed E-state index contributed by atoms with van der Waals surface area (Å²) in [5.41, 5.74) is 3.24. The van der Waals surface area contributed by atoms with Gasteiger partial charge < -0.3 is 0 Å². The number of aromatic nitrogens is 2. The van der Waals surface area contributed by atoms with E-state index in [0.717, 1.165) is 22.2 Å². The zero-order valence-electron chi connectivity index (χ0n) is 18.7. The number of rotatable bonds is 7. The van der Waals surface area contributed by atoms with E-state index < -0.39 is 15.1 Å². The third-order valence-corrected chi connectivity index (χ3v) is 8.64. The van der Waals surface area contributed by atoms with Crippen molar-refractivity contribution in [3.8, 4) is 0 Å². The number of thiazole rings is 1. The molecule has 4 rings (SSSR count). The number of sulfone groups is 1. The first-order valence-electron chi connectivity index (χ1n) is 10.7. The number of hydrogen-bond acceptors (Lipinski definition) is 6. The van der Waals surface area contributed by atoms with E-state index in [4.69, 9.17) is 4.98 Å². The molecule has 6 nitrogen and oxygen atoms in total. The van der Waals surface area contributed by atoms with Crippen molar-refractivity contribution in [3.63, 3.8) is 0 Å². The maximum absolute atomic E-state index is 13.7. The number of aryl methyl sites for hydroxylation is 1. The molecule has 0 N–H and O–H groups in total. The van der Waals surface area contributed by atoms with Crippen molar-refractivity contribution in [1.29, 1.82) is 0 Å². The Morgan fingerprint density at radius 1 is 1.03 bits per heavy atom. The minimum Gasteiger partial charge on any atom is -0.279 e. The average molecular weight is 480 g/mol. The van der Waals surface area contributed by atoms with Crippen LogP contribution < -0.4 is 4.90 Å². The SMILES string of the molecule is CCc1ccc2nc(N(Cc3ccncc3)C(=O)c3cccc(S(=O)(=O)C(C)C)c3)sc2c1. The van der Waals surface area contributed by atoms with Gasteiger partial charge in [0.05, 0.1) is 26.9 Å². The summed E-state index contributed by atoms with van der Waals surface area (Å²) in [7, 11) is -3.50. The van der Waals surface area contributed by atoms with E-state index in [1.807, 2.05) is 24.3 Å². The highest BCUT2D eigenvalue weighted by Crippen LogP contribution is 2.32. The number of nitrogens with zero attached hydrogens (tertiary/aromatic N) is 3. The molecule has 2 aromatic heterocycles. The Morgan fingerprint density at radius 2 is 1.79 bits per heavy atom. The predicted octanol–water partition coefficient (Wildman–Crippen LogP) is 5.28. The number of anilines is 1. The van der Waals surface area contributed by atoms with Crippen molar-refractivity contribution in [1.82, 2.24) is 9.97 Å². The van der Waals surface area contributed by atoms with E-state index in [9.17, 15) is 13.2 Å².